The highest BCUT2D eigenvalue weighted by molar-refractivity contribution is 5.81. The Labute approximate surface area is 147 Å². The van der Waals surface area contributed by atoms with Crippen molar-refractivity contribution in [2.75, 3.05) is 0 Å². The van der Waals surface area contributed by atoms with Crippen LogP contribution in [0, 0.1) is 25.5 Å². The van der Waals surface area contributed by atoms with Gasteiger partial charge in [-0.3, -0.25) is 0 Å². The second-order valence-electron chi connectivity index (χ2n) is 6.37. The maximum absolute atomic E-state index is 14.1. The Morgan fingerprint density at radius 1 is 0.720 bits per heavy atom. The highest BCUT2D eigenvalue weighted by atomic mass is 19.2. The van der Waals surface area contributed by atoms with Crippen molar-refractivity contribution in [1.82, 2.24) is 0 Å². The Kier molecular flexibility index (Phi) is 4.80. The molecule has 0 aliphatic rings. The molecule has 126 valence electrons. The van der Waals surface area contributed by atoms with Gasteiger partial charge in [-0.05, 0) is 48.6 Å². The molecule has 0 saturated heterocycles. The van der Waals surface area contributed by atoms with Crippen LogP contribution in [0.5, 0.6) is 0 Å². The van der Waals surface area contributed by atoms with Crippen LogP contribution < -0.4 is 0 Å². The molecule has 0 saturated carbocycles. The van der Waals surface area contributed by atoms with Crippen molar-refractivity contribution in [1.29, 1.82) is 0 Å². The molecule has 0 spiro atoms. The topological polar surface area (TPSA) is 0 Å². The Hall–Kier alpha value is -2.74. The van der Waals surface area contributed by atoms with Crippen molar-refractivity contribution in [3.05, 3.63) is 94.6 Å². The van der Waals surface area contributed by atoms with Crippen LogP contribution >= 0.6 is 0 Å². The minimum Gasteiger partial charge on any atom is -0.203 e. The standard InChI is InChI=1S/C23H20F2/c1-15-4-9-19(10-5-15)20-11-7-18(8-12-20)14-17(3)21-13-6-16(2)22(24)23(21)25/h4-14H,1-3H3. The molecule has 0 nitrogen and oxygen atoms in total. The van der Waals surface area contributed by atoms with E-state index >= 15 is 0 Å². The summed E-state index contributed by atoms with van der Waals surface area (Å²) in [5.41, 5.74) is 5.77. The number of halogens is 2. The van der Waals surface area contributed by atoms with Crippen LogP contribution in [0.15, 0.2) is 60.7 Å². The molecule has 0 amide bonds. The largest absolute Gasteiger partial charge is 0.203 e. The summed E-state index contributed by atoms with van der Waals surface area (Å²) in [4.78, 5) is 0. The third kappa shape index (κ3) is 3.69. The molecular formula is C23H20F2. The first kappa shape index (κ1) is 17.1. The van der Waals surface area contributed by atoms with Crippen molar-refractivity contribution >= 4 is 11.6 Å². The number of allylic oxidation sites excluding steroid dienone is 1. The van der Waals surface area contributed by atoms with E-state index in [1.54, 1.807) is 26.0 Å². The monoisotopic (exact) mass is 334 g/mol. The quantitative estimate of drug-likeness (QED) is 0.462. The normalized spacial score (nSPS) is 11.6. The Bertz CT molecular complexity index is 918. The first-order valence-corrected chi connectivity index (χ1v) is 8.26. The van der Waals surface area contributed by atoms with Gasteiger partial charge >= 0.3 is 0 Å². The van der Waals surface area contributed by atoms with E-state index in [4.69, 9.17) is 0 Å². The number of hydrogen-bond acceptors (Lipinski definition) is 0. The third-order valence-electron chi connectivity index (χ3n) is 4.38. The summed E-state index contributed by atoms with van der Waals surface area (Å²) in [6, 6.07) is 19.6. The lowest BCUT2D eigenvalue weighted by Crippen LogP contribution is -1.95. The minimum absolute atomic E-state index is 0.297. The summed E-state index contributed by atoms with van der Waals surface area (Å²) in [6.07, 6.45) is 1.87. The van der Waals surface area contributed by atoms with E-state index in [0.29, 0.717) is 16.7 Å². The summed E-state index contributed by atoms with van der Waals surface area (Å²) >= 11 is 0. The zero-order valence-corrected chi connectivity index (χ0v) is 14.6. The van der Waals surface area contributed by atoms with Gasteiger partial charge in [-0.1, -0.05) is 72.3 Å². The SMILES string of the molecule is CC(=Cc1ccc(-c2ccc(C)cc2)cc1)c1ccc(C)c(F)c1F. The fourth-order valence-electron chi connectivity index (χ4n) is 2.80. The molecule has 0 aromatic heterocycles. The van der Waals surface area contributed by atoms with Gasteiger partial charge in [0.2, 0.25) is 0 Å². The molecule has 0 heterocycles. The fraction of sp³-hybridized carbons (Fsp3) is 0.130. The van der Waals surface area contributed by atoms with Crippen molar-refractivity contribution < 1.29 is 8.78 Å². The van der Waals surface area contributed by atoms with Gasteiger partial charge in [0.15, 0.2) is 11.6 Å². The first-order chi connectivity index (χ1) is 12.0. The number of rotatable bonds is 3. The lowest BCUT2D eigenvalue weighted by Gasteiger charge is -2.07. The Morgan fingerprint density at radius 3 is 1.88 bits per heavy atom. The van der Waals surface area contributed by atoms with Gasteiger partial charge in [-0.2, -0.15) is 0 Å². The lowest BCUT2D eigenvalue weighted by atomic mass is 9.99. The number of hydrogen-bond donors (Lipinski definition) is 0. The molecule has 2 heteroatoms. The lowest BCUT2D eigenvalue weighted by molar-refractivity contribution is 0.501. The summed E-state index contributed by atoms with van der Waals surface area (Å²) in [5, 5.41) is 0. The minimum atomic E-state index is -0.787. The maximum atomic E-state index is 14.1. The molecule has 0 aliphatic carbocycles. The van der Waals surface area contributed by atoms with Crippen LogP contribution in [0.4, 0.5) is 8.78 Å². The molecule has 0 atom stereocenters. The number of benzene rings is 3. The van der Waals surface area contributed by atoms with Gasteiger partial charge in [-0.25, -0.2) is 8.78 Å². The average Bonchev–Trinajstić information content (AvgIpc) is 2.61. The van der Waals surface area contributed by atoms with Gasteiger partial charge in [0.25, 0.3) is 0 Å². The predicted molar refractivity (Wildman–Crippen MR) is 101 cm³/mol. The molecule has 0 fully saturated rings. The molecular weight excluding hydrogens is 314 g/mol. The van der Waals surface area contributed by atoms with Crippen LogP contribution in [0.1, 0.15) is 29.2 Å². The molecule has 25 heavy (non-hydrogen) atoms. The molecule has 0 radical (unpaired) electrons. The van der Waals surface area contributed by atoms with Gasteiger partial charge < -0.3 is 0 Å². The molecule has 3 aromatic carbocycles. The van der Waals surface area contributed by atoms with Crippen LogP contribution in [0.3, 0.4) is 0 Å². The second-order valence-corrected chi connectivity index (χ2v) is 6.37. The molecule has 0 aliphatic heterocycles. The van der Waals surface area contributed by atoms with Gasteiger partial charge in [-0.15, -0.1) is 0 Å². The molecule has 0 N–H and O–H groups in total. The molecule has 3 rings (SSSR count). The molecule has 3 aromatic rings. The molecule has 0 bridgehead atoms. The zero-order valence-electron chi connectivity index (χ0n) is 14.6. The highest BCUT2D eigenvalue weighted by Crippen LogP contribution is 2.25. The average molecular weight is 334 g/mol. The van der Waals surface area contributed by atoms with E-state index in [1.807, 2.05) is 30.3 Å². The first-order valence-electron chi connectivity index (χ1n) is 8.26. The van der Waals surface area contributed by atoms with Crippen molar-refractivity contribution in [2.24, 2.45) is 0 Å². The highest BCUT2D eigenvalue weighted by Gasteiger charge is 2.12. The second kappa shape index (κ2) is 7.02. The van der Waals surface area contributed by atoms with Crippen LogP contribution in [-0.4, -0.2) is 0 Å². The maximum Gasteiger partial charge on any atom is 0.166 e. The van der Waals surface area contributed by atoms with Crippen LogP contribution in [0.2, 0.25) is 0 Å². The van der Waals surface area contributed by atoms with Gasteiger partial charge in [0.05, 0.1) is 0 Å². The van der Waals surface area contributed by atoms with E-state index in [0.717, 1.165) is 16.7 Å². The van der Waals surface area contributed by atoms with Crippen molar-refractivity contribution in [3.63, 3.8) is 0 Å². The van der Waals surface area contributed by atoms with Gasteiger partial charge in [0.1, 0.15) is 0 Å². The summed E-state index contributed by atoms with van der Waals surface area (Å²) < 4.78 is 27.9. The van der Waals surface area contributed by atoms with E-state index in [9.17, 15) is 8.78 Å². The van der Waals surface area contributed by atoms with Gasteiger partial charge in [0, 0.05) is 5.56 Å². The summed E-state index contributed by atoms with van der Waals surface area (Å²) in [5.74, 6) is -1.56. The van der Waals surface area contributed by atoms with E-state index < -0.39 is 11.6 Å². The van der Waals surface area contributed by atoms with E-state index in [1.165, 1.54) is 5.56 Å². The zero-order chi connectivity index (χ0) is 18.0. The van der Waals surface area contributed by atoms with Crippen molar-refractivity contribution in [3.8, 4) is 11.1 Å². The summed E-state index contributed by atoms with van der Waals surface area (Å²) in [7, 11) is 0. The predicted octanol–water partition coefficient (Wildman–Crippen LogP) is 6.81. The van der Waals surface area contributed by atoms with Crippen molar-refractivity contribution in [2.45, 2.75) is 20.8 Å². The van der Waals surface area contributed by atoms with Crippen LogP contribution in [0.25, 0.3) is 22.8 Å². The molecule has 0 unspecified atom stereocenters. The smallest absolute Gasteiger partial charge is 0.166 e. The Balaban J connectivity index is 1.89. The third-order valence-corrected chi connectivity index (χ3v) is 4.38. The summed E-state index contributed by atoms with van der Waals surface area (Å²) in [6.45, 7) is 5.42. The number of aryl methyl sites for hydroxylation is 2. The van der Waals surface area contributed by atoms with Crippen LogP contribution in [-0.2, 0) is 0 Å². The fourth-order valence-corrected chi connectivity index (χ4v) is 2.80. The van der Waals surface area contributed by atoms with E-state index in [2.05, 4.69) is 31.2 Å². The van der Waals surface area contributed by atoms with E-state index in [-0.39, 0.29) is 0 Å². The Morgan fingerprint density at radius 2 is 1.28 bits per heavy atom.